The maximum atomic E-state index is 4.77. The van der Waals surface area contributed by atoms with Crippen LogP contribution in [-0.4, -0.2) is 23.1 Å². The number of rotatable bonds is 3. The van der Waals surface area contributed by atoms with E-state index in [1.54, 1.807) is 0 Å². The standard InChI is InChI=1S/C12H21N3/c1-4-10-11(8(2)3)15-12(14-10)9-5-6-13-7-9/h8-9,13H,4-7H2,1-3H3,(H,14,15). The molecule has 0 aliphatic carbocycles. The summed E-state index contributed by atoms with van der Waals surface area (Å²) in [7, 11) is 0. The van der Waals surface area contributed by atoms with E-state index >= 15 is 0 Å². The van der Waals surface area contributed by atoms with E-state index in [0.717, 1.165) is 19.5 Å². The normalized spacial score (nSPS) is 21.5. The fourth-order valence-corrected chi connectivity index (χ4v) is 2.27. The Bertz CT molecular complexity index is 322. The quantitative estimate of drug-likeness (QED) is 0.797. The van der Waals surface area contributed by atoms with Gasteiger partial charge in [-0.3, -0.25) is 0 Å². The van der Waals surface area contributed by atoms with Crippen LogP contribution in [0.1, 0.15) is 56.2 Å². The molecule has 0 spiro atoms. The van der Waals surface area contributed by atoms with E-state index in [-0.39, 0.29) is 0 Å². The van der Waals surface area contributed by atoms with Crippen molar-refractivity contribution in [2.24, 2.45) is 0 Å². The van der Waals surface area contributed by atoms with Crippen LogP contribution in [0.15, 0.2) is 0 Å². The molecule has 1 aromatic heterocycles. The number of nitrogens with zero attached hydrogens (tertiary/aromatic N) is 1. The summed E-state index contributed by atoms with van der Waals surface area (Å²) in [5.74, 6) is 2.32. The zero-order valence-corrected chi connectivity index (χ0v) is 9.93. The van der Waals surface area contributed by atoms with Gasteiger partial charge in [-0.1, -0.05) is 20.8 Å². The summed E-state index contributed by atoms with van der Waals surface area (Å²) in [5.41, 5.74) is 2.59. The molecule has 0 radical (unpaired) electrons. The van der Waals surface area contributed by atoms with Gasteiger partial charge in [-0.25, -0.2) is 4.98 Å². The minimum atomic E-state index is 0.527. The SMILES string of the molecule is CCc1[nH]c(C2CCNC2)nc1C(C)C. The van der Waals surface area contributed by atoms with Gasteiger partial charge in [0.2, 0.25) is 0 Å². The van der Waals surface area contributed by atoms with Crippen LogP contribution in [-0.2, 0) is 6.42 Å². The molecular formula is C12H21N3. The van der Waals surface area contributed by atoms with Gasteiger partial charge in [0.1, 0.15) is 5.82 Å². The fraction of sp³-hybridized carbons (Fsp3) is 0.750. The third kappa shape index (κ3) is 2.07. The minimum Gasteiger partial charge on any atom is -0.345 e. The maximum Gasteiger partial charge on any atom is 0.111 e. The van der Waals surface area contributed by atoms with Crippen molar-refractivity contribution in [3.05, 3.63) is 17.2 Å². The topological polar surface area (TPSA) is 40.7 Å². The molecule has 1 fully saturated rings. The molecule has 1 aliphatic rings. The highest BCUT2D eigenvalue weighted by atomic mass is 15.0. The van der Waals surface area contributed by atoms with E-state index in [9.17, 15) is 0 Å². The molecule has 84 valence electrons. The number of aryl methyl sites for hydroxylation is 1. The molecule has 1 aliphatic heterocycles. The first-order valence-corrected chi connectivity index (χ1v) is 6.01. The Morgan fingerprint density at radius 1 is 1.47 bits per heavy atom. The number of H-pyrrole nitrogens is 1. The van der Waals surface area contributed by atoms with Gasteiger partial charge in [-0.2, -0.15) is 0 Å². The summed E-state index contributed by atoms with van der Waals surface area (Å²) in [4.78, 5) is 8.27. The van der Waals surface area contributed by atoms with Crippen LogP contribution >= 0.6 is 0 Å². The molecule has 0 saturated carbocycles. The number of aromatic amines is 1. The molecule has 2 N–H and O–H groups in total. The summed E-state index contributed by atoms with van der Waals surface area (Å²) >= 11 is 0. The van der Waals surface area contributed by atoms with E-state index in [0.29, 0.717) is 11.8 Å². The van der Waals surface area contributed by atoms with Crippen molar-refractivity contribution in [2.75, 3.05) is 13.1 Å². The number of aromatic nitrogens is 2. The summed E-state index contributed by atoms with van der Waals surface area (Å²) in [6.45, 7) is 8.83. The summed E-state index contributed by atoms with van der Waals surface area (Å²) in [6, 6.07) is 0. The Kier molecular flexibility index (Phi) is 3.10. The third-order valence-electron chi connectivity index (χ3n) is 3.18. The largest absolute Gasteiger partial charge is 0.345 e. The molecule has 2 rings (SSSR count). The zero-order valence-electron chi connectivity index (χ0n) is 9.93. The van der Waals surface area contributed by atoms with Crippen molar-refractivity contribution < 1.29 is 0 Å². The van der Waals surface area contributed by atoms with Crippen molar-refractivity contribution in [3.8, 4) is 0 Å². The van der Waals surface area contributed by atoms with Gasteiger partial charge in [-0.05, 0) is 25.3 Å². The second-order valence-corrected chi connectivity index (χ2v) is 4.68. The van der Waals surface area contributed by atoms with Gasteiger partial charge in [-0.15, -0.1) is 0 Å². The Morgan fingerprint density at radius 3 is 2.73 bits per heavy atom. The number of imidazole rings is 1. The third-order valence-corrected chi connectivity index (χ3v) is 3.18. The average Bonchev–Trinajstić information content (AvgIpc) is 2.86. The van der Waals surface area contributed by atoms with E-state index in [1.807, 2.05) is 0 Å². The second kappa shape index (κ2) is 4.35. The van der Waals surface area contributed by atoms with Crippen molar-refractivity contribution in [1.29, 1.82) is 0 Å². The Balaban J connectivity index is 2.25. The van der Waals surface area contributed by atoms with Crippen LogP contribution in [0, 0.1) is 0 Å². The van der Waals surface area contributed by atoms with Crippen molar-refractivity contribution in [3.63, 3.8) is 0 Å². The summed E-state index contributed by atoms with van der Waals surface area (Å²) in [5, 5.41) is 3.39. The van der Waals surface area contributed by atoms with Gasteiger partial charge in [0.15, 0.2) is 0 Å². The predicted molar refractivity (Wildman–Crippen MR) is 62.3 cm³/mol. The van der Waals surface area contributed by atoms with E-state index in [2.05, 4.69) is 31.1 Å². The van der Waals surface area contributed by atoms with Crippen molar-refractivity contribution in [2.45, 2.75) is 45.4 Å². The molecule has 1 saturated heterocycles. The monoisotopic (exact) mass is 207 g/mol. The van der Waals surface area contributed by atoms with E-state index < -0.39 is 0 Å². The average molecular weight is 207 g/mol. The molecule has 3 heteroatoms. The van der Waals surface area contributed by atoms with Gasteiger partial charge in [0, 0.05) is 18.2 Å². The molecule has 2 heterocycles. The molecule has 1 atom stereocenters. The lowest BCUT2D eigenvalue weighted by Gasteiger charge is -2.03. The summed E-state index contributed by atoms with van der Waals surface area (Å²) < 4.78 is 0. The number of hydrogen-bond acceptors (Lipinski definition) is 2. The second-order valence-electron chi connectivity index (χ2n) is 4.68. The lowest BCUT2D eigenvalue weighted by molar-refractivity contribution is 0.706. The first kappa shape index (κ1) is 10.7. The molecule has 0 bridgehead atoms. The Labute approximate surface area is 91.7 Å². The molecular weight excluding hydrogens is 186 g/mol. The maximum absolute atomic E-state index is 4.77. The van der Waals surface area contributed by atoms with Gasteiger partial charge < -0.3 is 10.3 Å². The Hall–Kier alpha value is -0.830. The Morgan fingerprint density at radius 2 is 2.27 bits per heavy atom. The fourth-order valence-electron chi connectivity index (χ4n) is 2.27. The predicted octanol–water partition coefficient (Wildman–Crippen LogP) is 2.17. The first-order valence-electron chi connectivity index (χ1n) is 6.01. The smallest absolute Gasteiger partial charge is 0.111 e. The van der Waals surface area contributed by atoms with Crippen LogP contribution < -0.4 is 5.32 Å². The lowest BCUT2D eigenvalue weighted by atomic mass is 10.1. The van der Waals surface area contributed by atoms with Crippen LogP contribution in [0.4, 0.5) is 0 Å². The molecule has 0 aromatic carbocycles. The highest BCUT2D eigenvalue weighted by molar-refractivity contribution is 5.20. The first-order chi connectivity index (χ1) is 7.22. The number of nitrogens with one attached hydrogen (secondary N) is 2. The summed E-state index contributed by atoms with van der Waals surface area (Å²) in [6.07, 6.45) is 2.27. The van der Waals surface area contributed by atoms with Gasteiger partial charge >= 0.3 is 0 Å². The van der Waals surface area contributed by atoms with Crippen molar-refractivity contribution >= 4 is 0 Å². The molecule has 1 aromatic rings. The highest BCUT2D eigenvalue weighted by Gasteiger charge is 2.22. The molecule has 3 nitrogen and oxygen atoms in total. The number of hydrogen-bond donors (Lipinski definition) is 2. The van der Waals surface area contributed by atoms with Crippen molar-refractivity contribution in [1.82, 2.24) is 15.3 Å². The molecule has 0 amide bonds. The lowest BCUT2D eigenvalue weighted by Crippen LogP contribution is -2.08. The van der Waals surface area contributed by atoms with Crippen LogP contribution in [0.2, 0.25) is 0 Å². The molecule has 1 unspecified atom stereocenters. The van der Waals surface area contributed by atoms with E-state index in [4.69, 9.17) is 4.98 Å². The zero-order chi connectivity index (χ0) is 10.8. The molecule has 15 heavy (non-hydrogen) atoms. The van der Waals surface area contributed by atoms with Gasteiger partial charge in [0.25, 0.3) is 0 Å². The van der Waals surface area contributed by atoms with Crippen LogP contribution in [0.25, 0.3) is 0 Å². The van der Waals surface area contributed by atoms with Gasteiger partial charge in [0.05, 0.1) is 5.69 Å². The van der Waals surface area contributed by atoms with Crippen LogP contribution in [0.3, 0.4) is 0 Å². The highest BCUT2D eigenvalue weighted by Crippen LogP contribution is 2.24. The van der Waals surface area contributed by atoms with Crippen LogP contribution in [0.5, 0.6) is 0 Å². The minimum absolute atomic E-state index is 0.527. The van der Waals surface area contributed by atoms with E-state index in [1.165, 1.54) is 23.6 Å².